The van der Waals surface area contributed by atoms with Gasteiger partial charge in [-0.25, -0.2) is 0 Å². The third-order valence-electron chi connectivity index (χ3n) is 3.35. The molecule has 1 aromatic carbocycles. The van der Waals surface area contributed by atoms with Crippen LogP contribution in [0.25, 0.3) is 0 Å². The molecule has 0 saturated heterocycles. The van der Waals surface area contributed by atoms with Crippen LogP contribution in [0.1, 0.15) is 18.4 Å². The second-order valence-corrected chi connectivity index (χ2v) is 5.30. The Morgan fingerprint density at radius 2 is 2.41 bits per heavy atom. The smallest absolute Gasteiger partial charge is 0.0681 e. The van der Waals surface area contributed by atoms with Crippen LogP contribution in [0.15, 0.2) is 29.0 Å². The van der Waals surface area contributed by atoms with Gasteiger partial charge in [0.25, 0.3) is 0 Å². The molecule has 1 unspecified atom stereocenters. The molecule has 0 amide bonds. The Morgan fingerprint density at radius 1 is 1.53 bits per heavy atom. The molecular formula is C13H12BrN3. The second-order valence-electron chi connectivity index (χ2n) is 4.38. The van der Waals surface area contributed by atoms with Gasteiger partial charge in [0.15, 0.2) is 0 Å². The van der Waals surface area contributed by atoms with E-state index in [1.54, 1.807) is 0 Å². The van der Waals surface area contributed by atoms with E-state index in [4.69, 9.17) is 5.26 Å². The van der Waals surface area contributed by atoms with Crippen molar-refractivity contribution in [2.75, 3.05) is 10.2 Å². The first-order valence-corrected chi connectivity index (χ1v) is 6.50. The van der Waals surface area contributed by atoms with E-state index in [1.807, 2.05) is 12.4 Å². The number of hydrogen-bond donors (Lipinski definition) is 1. The number of halogens is 1. The van der Waals surface area contributed by atoms with Crippen LogP contribution in [0.2, 0.25) is 0 Å². The largest absolute Gasteiger partial charge is 0.359 e. The average molecular weight is 290 g/mol. The third kappa shape index (κ3) is 1.71. The average Bonchev–Trinajstić information content (AvgIpc) is 2.32. The molecule has 0 fully saturated rings. The number of hydrogen-bond acceptors (Lipinski definition) is 3. The van der Waals surface area contributed by atoms with Crippen LogP contribution in [0.3, 0.4) is 0 Å². The van der Waals surface area contributed by atoms with E-state index in [1.165, 1.54) is 11.3 Å². The van der Waals surface area contributed by atoms with Crippen molar-refractivity contribution in [1.29, 1.82) is 5.26 Å². The van der Waals surface area contributed by atoms with E-state index in [-0.39, 0.29) is 0 Å². The van der Waals surface area contributed by atoms with Crippen LogP contribution >= 0.6 is 15.9 Å². The number of nitrogens with zero attached hydrogens (tertiary/aromatic N) is 2. The van der Waals surface area contributed by atoms with Crippen LogP contribution in [-0.4, -0.2) is 6.04 Å². The molecule has 17 heavy (non-hydrogen) atoms. The summed E-state index contributed by atoms with van der Waals surface area (Å²) in [6.07, 6.45) is 6.65. The summed E-state index contributed by atoms with van der Waals surface area (Å²) < 4.78 is 1.10. The molecule has 3 rings (SSSR count). The molecule has 1 aromatic rings. The molecule has 2 aliphatic rings. The van der Waals surface area contributed by atoms with Crippen molar-refractivity contribution in [1.82, 2.24) is 0 Å². The SMILES string of the molecule is N#CCC1CCc2cc(Br)cc3c2N1C=CN3. The minimum absolute atomic E-state index is 0.311. The van der Waals surface area contributed by atoms with Gasteiger partial charge >= 0.3 is 0 Å². The fourth-order valence-electron chi connectivity index (χ4n) is 2.61. The molecule has 1 N–H and O–H groups in total. The Hall–Kier alpha value is -1.47. The molecule has 4 heteroatoms. The van der Waals surface area contributed by atoms with Gasteiger partial charge in [0.05, 0.1) is 23.9 Å². The lowest BCUT2D eigenvalue weighted by molar-refractivity contribution is 0.579. The topological polar surface area (TPSA) is 39.1 Å². The van der Waals surface area contributed by atoms with Crippen molar-refractivity contribution >= 4 is 27.3 Å². The van der Waals surface area contributed by atoms with Crippen LogP contribution in [-0.2, 0) is 6.42 Å². The van der Waals surface area contributed by atoms with Gasteiger partial charge in [0.2, 0.25) is 0 Å². The molecule has 2 aliphatic heterocycles. The molecule has 0 aliphatic carbocycles. The summed E-state index contributed by atoms with van der Waals surface area (Å²) in [5.74, 6) is 0. The molecule has 1 atom stereocenters. The van der Waals surface area contributed by atoms with Gasteiger partial charge in [0.1, 0.15) is 0 Å². The highest BCUT2D eigenvalue weighted by Crippen LogP contribution is 2.41. The number of anilines is 2. The number of aryl methyl sites for hydroxylation is 1. The fourth-order valence-corrected chi connectivity index (χ4v) is 3.12. The van der Waals surface area contributed by atoms with Crippen LogP contribution < -0.4 is 10.2 Å². The Labute approximate surface area is 109 Å². The molecule has 0 saturated carbocycles. The minimum atomic E-state index is 0.311. The van der Waals surface area contributed by atoms with Gasteiger partial charge in [-0.1, -0.05) is 15.9 Å². The van der Waals surface area contributed by atoms with E-state index in [0.29, 0.717) is 12.5 Å². The molecule has 0 bridgehead atoms. The van der Waals surface area contributed by atoms with Crippen LogP contribution in [0, 0.1) is 11.3 Å². The van der Waals surface area contributed by atoms with E-state index < -0.39 is 0 Å². The summed E-state index contributed by atoms with van der Waals surface area (Å²) in [5.41, 5.74) is 3.71. The highest BCUT2D eigenvalue weighted by molar-refractivity contribution is 9.10. The summed E-state index contributed by atoms with van der Waals surface area (Å²) in [5, 5.41) is 12.2. The third-order valence-corrected chi connectivity index (χ3v) is 3.81. The highest BCUT2D eigenvalue weighted by Gasteiger charge is 2.28. The monoisotopic (exact) mass is 289 g/mol. The van der Waals surface area contributed by atoms with Crippen molar-refractivity contribution < 1.29 is 0 Å². The summed E-state index contributed by atoms with van der Waals surface area (Å²) in [6, 6.07) is 6.86. The van der Waals surface area contributed by atoms with Crippen molar-refractivity contribution in [3.05, 3.63) is 34.6 Å². The first-order chi connectivity index (χ1) is 8.29. The summed E-state index contributed by atoms with van der Waals surface area (Å²) in [4.78, 5) is 2.24. The Kier molecular flexibility index (Phi) is 2.56. The Bertz CT molecular complexity index is 530. The predicted octanol–water partition coefficient (Wildman–Crippen LogP) is 3.38. The van der Waals surface area contributed by atoms with Gasteiger partial charge in [-0.3, -0.25) is 0 Å². The first-order valence-electron chi connectivity index (χ1n) is 5.70. The van der Waals surface area contributed by atoms with Gasteiger partial charge in [-0.2, -0.15) is 5.26 Å². The predicted molar refractivity (Wildman–Crippen MR) is 71.7 cm³/mol. The standard InChI is InChI=1S/C13H12BrN3/c14-10-7-9-1-2-11(3-4-15)17-6-5-16-12(8-10)13(9)17/h5-8,11,16H,1-3H2. The fraction of sp³-hybridized carbons (Fsp3) is 0.308. The van der Waals surface area contributed by atoms with Gasteiger partial charge in [-0.05, 0) is 30.5 Å². The molecule has 3 nitrogen and oxygen atoms in total. The molecular weight excluding hydrogens is 278 g/mol. The van der Waals surface area contributed by atoms with E-state index in [0.717, 1.165) is 23.0 Å². The molecule has 2 heterocycles. The molecule has 0 spiro atoms. The maximum Gasteiger partial charge on any atom is 0.0681 e. The highest BCUT2D eigenvalue weighted by atomic mass is 79.9. The molecule has 86 valence electrons. The minimum Gasteiger partial charge on any atom is -0.359 e. The van der Waals surface area contributed by atoms with Crippen LogP contribution in [0.5, 0.6) is 0 Å². The second kappa shape index (κ2) is 4.08. The van der Waals surface area contributed by atoms with Gasteiger partial charge < -0.3 is 10.2 Å². The number of benzene rings is 1. The van der Waals surface area contributed by atoms with Crippen molar-refractivity contribution in [3.8, 4) is 6.07 Å². The van der Waals surface area contributed by atoms with Gasteiger partial charge in [0, 0.05) is 22.9 Å². The number of nitriles is 1. The Morgan fingerprint density at radius 3 is 3.24 bits per heavy atom. The normalized spacial score (nSPS) is 20.5. The zero-order valence-corrected chi connectivity index (χ0v) is 10.9. The molecule has 0 radical (unpaired) electrons. The van der Waals surface area contributed by atoms with Crippen LogP contribution in [0.4, 0.5) is 11.4 Å². The maximum absolute atomic E-state index is 8.89. The van der Waals surface area contributed by atoms with Crippen molar-refractivity contribution in [3.63, 3.8) is 0 Å². The lowest BCUT2D eigenvalue weighted by Gasteiger charge is -2.39. The summed E-state index contributed by atoms with van der Waals surface area (Å²) >= 11 is 3.54. The zero-order valence-electron chi connectivity index (χ0n) is 9.28. The van der Waals surface area contributed by atoms with E-state index in [2.05, 4.69) is 44.3 Å². The summed E-state index contributed by atoms with van der Waals surface area (Å²) in [7, 11) is 0. The summed E-state index contributed by atoms with van der Waals surface area (Å²) in [6.45, 7) is 0. The van der Waals surface area contributed by atoms with Crippen molar-refractivity contribution in [2.24, 2.45) is 0 Å². The molecule has 0 aromatic heterocycles. The lowest BCUT2D eigenvalue weighted by atomic mass is 9.93. The maximum atomic E-state index is 8.89. The zero-order chi connectivity index (χ0) is 11.8. The van der Waals surface area contributed by atoms with Gasteiger partial charge in [-0.15, -0.1) is 0 Å². The van der Waals surface area contributed by atoms with Crippen molar-refractivity contribution in [2.45, 2.75) is 25.3 Å². The first kappa shape index (κ1) is 10.7. The number of rotatable bonds is 1. The lowest BCUT2D eigenvalue weighted by Crippen LogP contribution is -2.37. The number of nitrogens with one attached hydrogen (secondary N) is 1. The quantitative estimate of drug-likeness (QED) is 0.861. The van der Waals surface area contributed by atoms with E-state index in [9.17, 15) is 0 Å². The Balaban J connectivity index is 2.10. The van der Waals surface area contributed by atoms with E-state index >= 15 is 0 Å².